The molecule has 0 radical (unpaired) electrons. The maximum absolute atomic E-state index is 12.1. The molecule has 0 aliphatic rings. The summed E-state index contributed by atoms with van der Waals surface area (Å²) in [4.78, 5) is 22.9. The van der Waals surface area contributed by atoms with Crippen LogP contribution in [-0.2, 0) is 4.79 Å². The number of ether oxygens (including phenoxy) is 1. The molecule has 5 nitrogen and oxygen atoms in total. The van der Waals surface area contributed by atoms with E-state index in [1.807, 2.05) is 12.1 Å². The second kappa shape index (κ2) is 7.38. The Hall–Kier alpha value is -2.92. The molecule has 0 saturated carbocycles. The highest BCUT2D eigenvalue weighted by Crippen LogP contribution is 2.15. The molecule has 0 aromatic heterocycles. The molecule has 3 N–H and O–H groups in total. The monoisotopic (exact) mass is 311 g/mol. The highest BCUT2D eigenvalue weighted by Gasteiger charge is 2.13. The Balaban J connectivity index is 2.06. The molecule has 118 valence electrons. The van der Waals surface area contributed by atoms with E-state index >= 15 is 0 Å². The number of hydrogen-bond donors (Lipinski definition) is 2. The van der Waals surface area contributed by atoms with Crippen molar-refractivity contribution in [2.24, 2.45) is 5.73 Å². The minimum Gasteiger partial charge on any atom is -0.497 e. The van der Waals surface area contributed by atoms with Crippen LogP contribution in [0, 0.1) is 0 Å². The minimum atomic E-state index is -1.02. The molecule has 0 aliphatic heterocycles. The van der Waals surface area contributed by atoms with E-state index in [2.05, 4.69) is 0 Å². The maximum atomic E-state index is 12.1. The molecule has 0 aliphatic carbocycles. The lowest BCUT2D eigenvalue weighted by molar-refractivity contribution is -0.115. The minimum absolute atomic E-state index is 0.155. The van der Waals surface area contributed by atoms with Crippen LogP contribution in [0.25, 0.3) is 6.08 Å². The SMILES string of the molecule is COc1ccc(/C=C/C(=O)C(N)c2ccc(C(=O)O)cc2)cc1. The molecule has 1 atom stereocenters. The Labute approximate surface area is 134 Å². The maximum Gasteiger partial charge on any atom is 0.335 e. The average molecular weight is 311 g/mol. The number of aromatic carboxylic acids is 1. The van der Waals surface area contributed by atoms with Gasteiger partial charge < -0.3 is 15.6 Å². The average Bonchev–Trinajstić information content (AvgIpc) is 2.59. The van der Waals surface area contributed by atoms with Gasteiger partial charge in [-0.15, -0.1) is 0 Å². The highest BCUT2D eigenvalue weighted by molar-refractivity contribution is 5.98. The topological polar surface area (TPSA) is 89.6 Å². The van der Waals surface area contributed by atoms with Crippen LogP contribution < -0.4 is 10.5 Å². The molecular weight excluding hydrogens is 294 g/mol. The quantitative estimate of drug-likeness (QED) is 0.801. The van der Waals surface area contributed by atoms with Crippen molar-refractivity contribution in [1.82, 2.24) is 0 Å². The number of nitrogens with two attached hydrogens (primary N) is 1. The summed E-state index contributed by atoms with van der Waals surface area (Å²) in [7, 11) is 1.59. The summed E-state index contributed by atoms with van der Waals surface area (Å²) in [5.41, 5.74) is 7.48. The predicted molar refractivity (Wildman–Crippen MR) is 87.4 cm³/mol. The fourth-order valence-corrected chi connectivity index (χ4v) is 1.99. The van der Waals surface area contributed by atoms with Gasteiger partial charge in [0.05, 0.1) is 18.7 Å². The number of benzene rings is 2. The van der Waals surface area contributed by atoms with Crippen LogP contribution in [0.5, 0.6) is 5.75 Å². The van der Waals surface area contributed by atoms with Crippen LogP contribution >= 0.6 is 0 Å². The number of carboxylic acids is 1. The van der Waals surface area contributed by atoms with Crippen molar-refractivity contribution in [2.45, 2.75) is 6.04 Å². The molecule has 0 fully saturated rings. The van der Waals surface area contributed by atoms with Gasteiger partial charge in [-0.05, 0) is 41.5 Å². The van der Waals surface area contributed by atoms with Gasteiger partial charge in [-0.3, -0.25) is 4.79 Å². The van der Waals surface area contributed by atoms with E-state index in [1.54, 1.807) is 37.5 Å². The van der Waals surface area contributed by atoms with Crippen molar-refractivity contribution in [3.63, 3.8) is 0 Å². The van der Waals surface area contributed by atoms with Gasteiger partial charge in [0, 0.05) is 0 Å². The van der Waals surface area contributed by atoms with Gasteiger partial charge in [-0.1, -0.05) is 30.3 Å². The van der Waals surface area contributed by atoms with Crippen LogP contribution in [0.1, 0.15) is 27.5 Å². The van der Waals surface area contributed by atoms with Gasteiger partial charge in [0.25, 0.3) is 0 Å². The highest BCUT2D eigenvalue weighted by atomic mass is 16.5. The van der Waals surface area contributed by atoms with E-state index in [4.69, 9.17) is 15.6 Å². The van der Waals surface area contributed by atoms with Crippen molar-refractivity contribution < 1.29 is 19.4 Å². The molecule has 2 aromatic rings. The standard InChI is InChI=1S/C18H17NO4/c1-23-15-9-2-12(3-10-15)4-11-16(20)17(19)13-5-7-14(8-6-13)18(21)22/h2-11,17H,19H2,1H3,(H,21,22)/b11-4+. The van der Waals surface area contributed by atoms with Gasteiger partial charge in [-0.25, -0.2) is 4.79 Å². The van der Waals surface area contributed by atoms with Crippen LogP contribution in [0.3, 0.4) is 0 Å². The first-order valence-electron chi connectivity index (χ1n) is 6.96. The van der Waals surface area contributed by atoms with Crippen molar-refractivity contribution in [3.8, 4) is 5.75 Å². The summed E-state index contributed by atoms with van der Waals surface area (Å²) in [6, 6.07) is 12.4. The normalized spacial score (nSPS) is 12.1. The van der Waals surface area contributed by atoms with E-state index in [1.165, 1.54) is 18.2 Å². The second-order valence-electron chi connectivity index (χ2n) is 4.91. The Morgan fingerprint density at radius 2 is 1.70 bits per heavy atom. The number of rotatable bonds is 6. The molecule has 0 heterocycles. The predicted octanol–water partition coefficient (Wildman–Crippen LogP) is 2.68. The molecule has 23 heavy (non-hydrogen) atoms. The number of carbonyl (C=O) groups is 2. The molecule has 5 heteroatoms. The van der Waals surface area contributed by atoms with Gasteiger partial charge in [0.1, 0.15) is 5.75 Å². The third kappa shape index (κ3) is 4.28. The molecule has 0 amide bonds. The lowest BCUT2D eigenvalue weighted by Gasteiger charge is -2.08. The van der Waals surface area contributed by atoms with Gasteiger partial charge in [0.15, 0.2) is 5.78 Å². The number of hydrogen-bond acceptors (Lipinski definition) is 4. The summed E-state index contributed by atoms with van der Waals surface area (Å²) >= 11 is 0. The largest absolute Gasteiger partial charge is 0.497 e. The number of ketones is 1. The molecule has 2 rings (SSSR count). The summed E-state index contributed by atoms with van der Waals surface area (Å²) in [6.45, 7) is 0. The number of carbonyl (C=O) groups excluding carboxylic acids is 1. The fourth-order valence-electron chi connectivity index (χ4n) is 1.99. The van der Waals surface area contributed by atoms with Crippen LogP contribution in [-0.4, -0.2) is 24.0 Å². The second-order valence-corrected chi connectivity index (χ2v) is 4.91. The lowest BCUT2D eigenvalue weighted by atomic mass is 10.0. The summed E-state index contributed by atoms with van der Waals surface area (Å²) in [6.07, 6.45) is 3.09. The smallest absolute Gasteiger partial charge is 0.335 e. The number of methoxy groups -OCH3 is 1. The van der Waals surface area contributed by atoms with Crippen LogP contribution in [0.15, 0.2) is 54.6 Å². The zero-order valence-corrected chi connectivity index (χ0v) is 12.6. The van der Waals surface area contributed by atoms with E-state index in [9.17, 15) is 9.59 Å². The first-order valence-corrected chi connectivity index (χ1v) is 6.96. The van der Waals surface area contributed by atoms with Crippen molar-refractivity contribution >= 4 is 17.8 Å². The molecular formula is C18H17NO4. The van der Waals surface area contributed by atoms with Crippen molar-refractivity contribution in [2.75, 3.05) is 7.11 Å². The summed E-state index contributed by atoms with van der Waals surface area (Å²) in [5, 5.41) is 8.85. The van der Waals surface area contributed by atoms with Crippen molar-refractivity contribution in [1.29, 1.82) is 0 Å². The first kappa shape index (κ1) is 16.5. The van der Waals surface area contributed by atoms with E-state index < -0.39 is 12.0 Å². The third-order valence-corrected chi connectivity index (χ3v) is 3.38. The van der Waals surface area contributed by atoms with Gasteiger partial charge >= 0.3 is 5.97 Å². The molecule has 0 saturated heterocycles. The Bertz CT molecular complexity index is 718. The Morgan fingerprint density at radius 1 is 1.09 bits per heavy atom. The fraction of sp³-hybridized carbons (Fsp3) is 0.111. The molecule has 1 unspecified atom stereocenters. The van der Waals surface area contributed by atoms with Crippen LogP contribution in [0.4, 0.5) is 0 Å². The van der Waals surface area contributed by atoms with Gasteiger partial charge in [0.2, 0.25) is 0 Å². The Morgan fingerprint density at radius 3 is 2.22 bits per heavy atom. The molecule has 0 spiro atoms. The van der Waals surface area contributed by atoms with E-state index in [0.717, 1.165) is 11.3 Å². The zero-order chi connectivity index (χ0) is 16.8. The molecule has 2 aromatic carbocycles. The van der Waals surface area contributed by atoms with Gasteiger partial charge in [-0.2, -0.15) is 0 Å². The zero-order valence-electron chi connectivity index (χ0n) is 12.6. The summed E-state index contributed by atoms with van der Waals surface area (Å²) in [5.74, 6) is -0.538. The van der Waals surface area contributed by atoms with Crippen molar-refractivity contribution in [3.05, 3.63) is 71.3 Å². The lowest BCUT2D eigenvalue weighted by Crippen LogP contribution is -2.19. The van der Waals surface area contributed by atoms with Crippen LogP contribution in [0.2, 0.25) is 0 Å². The first-order chi connectivity index (χ1) is 11.0. The van der Waals surface area contributed by atoms with E-state index in [0.29, 0.717) is 5.56 Å². The number of carboxylic acid groups (broad SMARTS) is 1. The summed E-state index contributed by atoms with van der Waals surface area (Å²) < 4.78 is 5.06. The third-order valence-electron chi connectivity index (χ3n) is 3.38. The van der Waals surface area contributed by atoms with E-state index in [-0.39, 0.29) is 11.3 Å². The molecule has 0 bridgehead atoms. The Kier molecular flexibility index (Phi) is 5.28.